The van der Waals surface area contributed by atoms with Crippen LogP contribution in [0.5, 0.6) is 5.75 Å². The standard InChI is InChI=1S/C42H41ClF3N3O5/c1-24-27(10-11-28-19-38(53-3)30(18-35(28)42(44,45)46)22-49-14-12-29(21-49)41(51)52)6-4-7-32(24)33-8-5-9-34(25(33)2)40-47-37-17-26(16-36(43)39(37)54-40)20-48-15-13-31(50)23-48/h4-11,16-19,29,31,50H,12-15,20-23H2,1-3H3,(H,51,52)/b11-10+/t29-,31-/m1/s1. The van der Waals surface area contributed by atoms with E-state index in [2.05, 4.69) is 4.90 Å². The van der Waals surface area contributed by atoms with Crippen LogP contribution in [-0.2, 0) is 24.1 Å². The van der Waals surface area contributed by atoms with Gasteiger partial charge in [0.15, 0.2) is 5.58 Å². The summed E-state index contributed by atoms with van der Waals surface area (Å²) in [7, 11) is 1.42. The first kappa shape index (κ1) is 37.6. The molecule has 2 saturated heterocycles. The van der Waals surface area contributed by atoms with Gasteiger partial charge in [0.25, 0.3) is 0 Å². The molecule has 2 aliphatic rings. The van der Waals surface area contributed by atoms with Crippen LogP contribution in [0.1, 0.15) is 51.8 Å². The first-order chi connectivity index (χ1) is 25.8. The molecule has 3 heterocycles. The van der Waals surface area contributed by atoms with Crippen molar-refractivity contribution in [3.05, 3.63) is 105 Å². The van der Waals surface area contributed by atoms with Crippen LogP contribution in [0, 0.1) is 19.8 Å². The Morgan fingerprint density at radius 3 is 2.31 bits per heavy atom. The number of oxazole rings is 1. The van der Waals surface area contributed by atoms with Gasteiger partial charge in [-0.2, -0.15) is 13.2 Å². The van der Waals surface area contributed by atoms with E-state index in [1.807, 2.05) is 67.3 Å². The van der Waals surface area contributed by atoms with E-state index in [0.717, 1.165) is 58.0 Å². The Kier molecular flexibility index (Phi) is 10.6. The number of alkyl halides is 3. The molecule has 2 fully saturated rings. The van der Waals surface area contributed by atoms with Crippen molar-refractivity contribution in [2.45, 2.75) is 52.1 Å². The minimum Gasteiger partial charge on any atom is -0.496 e. The number of halogens is 4. The highest BCUT2D eigenvalue weighted by Gasteiger charge is 2.35. The first-order valence-corrected chi connectivity index (χ1v) is 18.3. The minimum absolute atomic E-state index is 0.0354. The lowest BCUT2D eigenvalue weighted by molar-refractivity contribution is -0.141. The molecular weight excluding hydrogens is 719 g/mol. The highest BCUT2D eigenvalue weighted by molar-refractivity contribution is 6.34. The summed E-state index contributed by atoms with van der Waals surface area (Å²) in [6.07, 6.45) is -0.597. The number of rotatable bonds is 10. The topological polar surface area (TPSA) is 99.3 Å². The molecular formula is C42H41ClF3N3O5. The Balaban J connectivity index is 1.17. The number of hydrogen-bond acceptors (Lipinski definition) is 7. The number of ether oxygens (including phenoxy) is 1. The molecule has 0 saturated carbocycles. The van der Waals surface area contributed by atoms with Gasteiger partial charge in [-0.25, -0.2) is 4.98 Å². The van der Waals surface area contributed by atoms with Gasteiger partial charge in [0.2, 0.25) is 5.89 Å². The van der Waals surface area contributed by atoms with Crippen molar-refractivity contribution in [3.63, 3.8) is 0 Å². The third kappa shape index (κ3) is 7.77. The van der Waals surface area contributed by atoms with Crippen molar-refractivity contribution >= 4 is 40.8 Å². The van der Waals surface area contributed by atoms with E-state index in [4.69, 9.17) is 25.7 Å². The molecule has 12 heteroatoms. The summed E-state index contributed by atoms with van der Waals surface area (Å²) in [4.78, 5) is 20.3. The van der Waals surface area contributed by atoms with E-state index in [9.17, 15) is 28.2 Å². The predicted molar refractivity (Wildman–Crippen MR) is 203 cm³/mol. The van der Waals surface area contributed by atoms with Gasteiger partial charge in [0, 0.05) is 43.9 Å². The van der Waals surface area contributed by atoms with Crippen LogP contribution in [-0.4, -0.2) is 70.4 Å². The van der Waals surface area contributed by atoms with Crippen LogP contribution in [0.3, 0.4) is 0 Å². The number of carboxylic acids is 1. The SMILES string of the molecule is COc1cc(/C=C/c2cccc(-c3cccc(-c4nc5cc(CN6CC[C@@H](O)C6)cc(Cl)c5o4)c3C)c2C)c(C(F)(F)F)cc1CN1CC[C@@H](C(=O)O)C1. The van der Waals surface area contributed by atoms with Crippen molar-refractivity contribution in [2.24, 2.45) is 5.92 Å². The third-order valence-corrected chi connectivity index (χ3v) is 10.9. The molecule has 7 rings (SSSR count). The Labute approximate surface area is 316 Å². The molecule has 54 heavy (non-hydrogen) atoms. The number of aliphatic hydroxyl groups is 1. The smallest absolute Gasteiger partial charge is 0.417 e. The Morgan fingerprint density at radius 2 is 1.63 bits per heavy atom. The minimum atomic E-state index is -4.63. The lowest BCUT2D eigenvalue weighted by atomic mass is 9.91. The van der Waals surface area contributed by atoms with E-state index >= 15 is 0 Å². The van der Waals surface area contributed by atoms with Crippen LogP contribution in [0.4, 0.5) is 13.2 Å². The molecule has 282 valence electrons. The molecule has 0 aliphatic carbocycles. The lowest BCUT2D eigenvalue weighted by Crippen LogP contribution is -2.23. The zero-order valence-electron chi connectivity index (χ0n) is 30.2. The van der Waals surface area contributed by atoms with Crippen molar-refractivity contribution in [3.8, 4) is 28.3 Å². The van der Waals surface area contributed by atoms with Crippen molar-refractivity contribution < 1.29 is 37.3 Å². The Bertz CT molecular complexity index is 2250. The maximum absolute atomic E-state index is 14.5. The van der Waals surface area contributed by atoms with Crippen LogP contribution in [0.15, 0.2) is 65.1 Å². The summed E-state index contributed by atoms with van der Waals surface area (Å²) in [5.41, 5.74) is 6.83. The van der Waals surface area contributed by atoms with Crippen molar-refractivity contribution in [1.29, 1.82) is 0 Å². The maximum Gasteiger partial charge on any atom is 0.417 e. The molecule has 5 aromatic rings. The normalized spacial score (nSPS) is 18.4. The second-order valence-corrected chi connectivity index (χ2v) is 14.7. The molecule has 0 bridgehead atoms. The van der Waals surface area contributed by atoms with Gasteiger partial charge >= 0.3 is 12.1 Å². The number of aromatic nitrogens is 1. The number of hydrogen-bond donors (Lipinski definition) is 2. The summed E-state index contributed by atoms with van der Waals surface area (Å²) in [6, 6.07) is 17.9. The summed E-state index contributed by atoms with van der Waals surface area (Å²) >= 11 is 6.67. The lowest BCUT2D eigenvalue weighted by Gasteiger charge is -2.20. The van der Waals surface area contributed by atoms with Crippen LogP contribution >= 0.6 is 11.6 Å². The number of β-amino-alcohol motifs (C(OH)–C–C–N with tert-alkyl or cyclic N) is 1. The molecule has 2 atom stereocenters. The zero-order valence-corrected chi connectivity index (χ0v) is 31.0. The number of nitrogens with zero attached hydrogens (tertiary/aromatic N) is 3. The second-order valence-electron chi connectivity index (χ2n) is 14.3. The molecule has 1 aromatic heterocycles. The van der Waals surface area contributed by atoms with E-state index in [0.29, 0.717) is 59.4 Å². The highest BCUT2D eigenvalue weighted by atomic mass is 35.5. The molecule has 0 amide bonds. The van der Waals surface area contributed by atoms with Gasteiger partial charge in [-0.3, -0.25) is 14.6 Å². The highest BCUT2D eigenvalue weighted by Crippen LogP contribution is 2.40. The van der Waals surface area contributed by atoms with E-state index < -0.39 is 23.6 Å². The average Bonchev–Trinajstić information content (AvgIpc) is 3.88. The fraction of sp³-hybridized carbons (Fsp3) is 0.333. The fourth-order valence-corrected chi connectivity index (χ4v) is 7.96. The quantitative estimate of drug-likeness (QED) is 0.136. The van der Waals surface area contributed by atoms with E-state index in [-0.39, 0.29) is 24.8 Å². The van der Waals surface area contributed by atoms with Crippen LogP contribution in [0.25, 0.3) is 45.8 Å². The number of benzene rings is 4. The number of aliphatic hydroxyl groups excluding tert-OH is 1. The van der Waals surface area contributed by atoms with Crippen molar-refractivity contribution in [1.82, 2.24) is 14.8 Å². The summed E-state index contributed by atoms with van der Waals surface area (Å²) < 4.78 is 55.2. The number of methoxy groups -OCH3 is 1. The molecule has 0 unspecified atom stereocenters. The number of carboxylic acid groups (broad SMARTS) is 1. The zero-order chi connectivity index (χ0) is 38.3. The third-order valence-electron chi connectivity index (χ3n) is 10.6. The summed E-state index contributed by atoms with van der Waals surface area (Å²) in [6.45, 7) is 6.93. The van der Waals surface area contributed by atoms with Gasteiger partial charge in [-0.05, 0) is 103 Å². The number of likely N-dealkylation sites (tertiary alicyclic amines) is 2. The van der Waals surface area contributed by atoms with Gasteiger partial charge in [0.1, 0.15) is 11.3 Å². The maximum atomic E-state index is 14.5. The Hall–Kier alpha value is -4.68. The van der Waals surface area contributed by atoms with Gasteiger partial charge in [-0.1, -0.05) is 54.1 Å². The molecule has 2 aliphatic heterocycles. The van der Waals surface area contributed by atoms with E-state index in [1.54, 1.807) is 6.08 Å². The largest absolute Gasteiger partial charge is 0.496 e. The molecule has 8 nitrogen and oxygen atoms in total. The molecule has 4 aromatic carbocycles. The van der Waals surface area contributed by atoms with Crippen LogP contribution < -0.4 is 4.74 Å². The second kappa shape index (κ2) is 15.2. The first-order valence-electron chi connectivity index (χ1n) is 17.9. The fourth-order valence-electron chi connectivity index (χ4n) is 7.69. The van der Waals surface area contributed by atoms with Crippen molar-refractivity contribution in [2.75, 3.05) is 33.3 Å². The van der Waals surface area contributed by atoms with Gasteiger partial charge in [-0.15, -0.1) is 0 Å². The molecule has 2 N–H and O–H groups in total. The van der Waals surface area contributed by atoms with E-state index in [1.165, 1.54) is 19.3 Å². The number of aliphatic carboxylic acids is 1. The number of carbonyl (C=O) groups is 1. The monoisotopic (exact) mass is 759 g/mol. The number of fused-ring (bicyclic) bond motifs is 1. The van der Waals surface area contributed by atoms with Gasteiger partial charge < -0.3 is 19.4 Å². The molecule has 0 spiro atoms. The molecule has 0 radical (unpaired) electrons. The van der Waals surface area contributed by atoms with Crippen LogP contribution in [0.2, 0.25) is 5.02 Å². The average molecular weight is 760 g/mol. The predicted octanol–water partition coefficient (Wildman–Crippen LogP) is 9.10. The van der Waals surface area contributed by atoms with Gasteiger partial charge in [0.05, 0.1) is 29.7 Å². The summed E-state index contributed by atoms with van der Waals surface area (Å²) in [5, 5.41) is 19.8. The summed E-state index contributed by atoms with van der Waals surface area (Å²) in [5.74, 6) is -0.705. The Morgan fingerprint density at radius 1 is 0.944 bits per heavy atom.